The molecule has 2 aromatic heterocycles. The maximum Gasteiger partial charge on any atom is 0.129 e. The zero-order valence-electron chi connectivity index (χ0n) is 11.5. The van der Waals surface area contributed by atoms with Crippen LogP contribution in [-0.4, -0.2) is 16.9 Å². The van der Waals surface area contributed by atoms with Crippen LogP contribution in [0.2, 0.25) is 0 Å². The van der Waals surface area contributed by atoms with Gasteiger partial charge in [0, 0.05) is 29.4 Å². The van der Waals surface area contributed by atoms with Crippen LogP contribution in [0.4, 0.5) is 0 Å². The molecule has 1 atom stereocenters. The fraction of sp³-hybridized carbons (Fsp3) is 0.462. The number of methoxy groups -OCH3 is 1. The van der Waals surface area contributed by atoms with Crippen LogP contribution in [0, 0.1) is 0 Å². The van der Waals surface area contributed by atoms with E-state index in [-0.39, 0.29) is 6.04 Å². The summed E-state index contributed by atoms with van der Waals surface area (Å²) in [6, 6.07) is 4.23. The van der Waals surface area contributed by atoms with Crippen molar-refractivity contribution in [2.45, 2.75) is 25.8 Å². The minimum atomic E-state index is 0.0778. The van der Waals surface area contributed by atoms with Gasteiger partial charge in [-0.15, -0.1) is 11.3 Å². The maximum absolute atomic E-state index is 5.68. The minimum absolute atomic E-state index is 0.0778. The van der Waals surface area contributed by atoms with Crippen LogP contribution in [0.15, 0.2) is 17.5 Å². The van der Waals surface area contributed by atoms with Gasteiger partial charge in [-0.1, -0.05) is 6.92 Å². The summed E-state index contributed by atoms with van der Waals surface area (Å²) in [5.74, 6) is 6.55. The smallest absolute Gasteiger partial charge is 0.129 e. The zero-order chi connectivity index (χ0) is 13.8. The van der Waals surface area contributed by atoms with Crippen LogP contribution in [0.25, 0.3) is 0 Å². The molecule has 0 aromatic carbocycles. The van der Waals surface area contributed by atoms with Crippen LogP contribution < -0.4 is 16.0 Å². The van der Waals surface area contributed by atoms with Crippen molar-refractivity contribution in [3.8, 4) is 5.75 Å². The molecule has 0 saturated carbocycles. The molecule has 3 N–H and O–H groups in total. The Morgan fingerprint density at radius 2 is 2.32 bits per heavy atom. The first-order chi connectivity index (χ1) is 9.17. The monoisotopic (exact) mass is 280 g/mol. The second-order valence-corrected chi connectivity index (χ2v) is 5.36. The molecule has 0 amide bonds. The molecule has 1 unspecified atom stereocenters. The van der Waals surface area contributed by atoms with Crippen molar-refractivity contribution in [2.75, 3.05) is 7.11 Å². The maximum atomic E-state index is 5.68. The average Bonchev–Trinajstić information content (AvgIpc) is 3.02. The summed E-state index contributed by atoms with van der Waals surface area (Å²) in [5, 5.41) is 6.44. The number of nitrogens with two attached hydrogens (primary N) is 1. The van der Waals surface area contributed by atoms with E-state index in [1.165, 1.54) is 10.6 Å². The van der Waals surface area contributed by atoms with Gasteiger partial charge in [-0.3, -0.25) is 16.0 Å². The van der Waals surface area contributed by atoms with Crippen LogP contribution in [0.3, 0.4) is 0 Å². The molecular weight excluding hydrogens is 260 g/mol. The molecule has 0 saturated heterocycles. The third-order valence-corrected chi connectivity index (χ3v) is 4.20. The predicted octanol–water partition coefficient (Wildman–Crippen LogP) is 1.80. The number of aromatic nitrogens is 2. The summed E-state index contributed by atoms with van der Waals surface area (Å²) in [4.78, 5) is 1.17. The van der Waals surface area contributed by atoms with E-state index in [9.17, 15) is 0 Å². The number of hydrogen-bond donors (Lipinski definition) is 2. The standard InChI is InChI=1S/C13H20N4OS/c1-4-9-5-10(17(2)16-9)6-12(15-14)13-7-11(18-3)8-19-13/h5,7-8,12,15H,4,6,14H2,1-3H3. The summed E-state index contributed by atoms with van der Waals surface area (Å²) in [6.45, 7) is 2.11. The summed E-state index contributed by atoms with van der Waals surface area (Å²) < 4.78 is 7.13. The highest BCUT2D eigenvalue weighted by atomic mass is 32.1. The van der Waals surface area contributed by atoms with Crippen molar-refractivity contribution in [3.63, 3.8) is 0 Å². The van der Waals surface area contributed by atoms with Crippen LogP contribution in [0.5, 0.6) is 5.75 Å². The molecular formula is C13H20N4OS. The highest BCUT2D eigenvalue weighted by Gasteiger charge is 2.16. The fourth-order valence-electron chi connectivity index (χ4n) is 2.01. The van der Waals surface area contributed by atoms with Crippen LogP contribution >= 0.6 is 11.3 Å². The number of hydrogen-bond acceptors (Lipinski definition) is 5. The predicted molar refractivity (Wildman–Crippen MR) is 77.2 cm³/mol. The van der Waals surface area contributed by atoms with E-state index in [1.807, 2.05) is 23.2 Å². The number of nitrogens with one attached hydrogen (secondary N) is 1. The minimum Gasteiger partial charge on any atom is -0.496 e. The molecule has 0 aliphatic carbocycles. The van der Waals surface area contributed by atoms with Gasteiger partial charge in [0.15, 0.2) is 0 Å². The Balaban J connectivity index is 2.16. The lowest BCUT2D eigenvalue weighted by Crippen LogP contribution is -2.29. The molecule has 0 fully saturated rings. The largest absolute Gasteiger partial charge is 0.496 e. The molecule has 19 heavy (non-hydrogen) atoms. The number of ether oxygens (including phenoxy) is 1. The molecule has 0 spiro atoms. The van der Waals surface area contributed by atoms with Gasteiger partial charge in [0.2, 0.25) is 0 Å². The third kappa shape index (κ3) is 3.15. The number of nitrogens with zero attached hydrogens (tertiary/aromatic N) is 2. The SMILES string of the molecule is CCc1cc(CC(NN)c2cc(OC)cs2)n(C)n1. The molecule has 2 heterocycles. The Kier molecular flexibility index (Phi) is 4.57. The highest BCUT2D eigenvalue weighted by Crippen LogP contribution is 2.28. The lowest BCUT2D eigenvalue weighted by atomic mass is 10.1. The lowest BCUT2D eigenvalue weighted by molar-refractivity contribution is 0.415. The van der Waals surface area contributed by atoms with E-state index >= 15 is 0 Å². The summed E-state index contributed by atoms with van der Waals surface area (Å²) in [7, 11) is 3.64. The first-order valence-electron chi connectivity index (χ1n) is 6.28. The van der Waals surface area contributed by atoms with Gasteiger partial charge in [0.1, 0.15) is 5.75 Å². The molecule has 0 bridgehead atoms. The molecule has 0 aliphatic heterocycles. The van der Waals surface area contributed by atoms with Gasteiger partial charge in [-0.25, -0.2) is 0 Å². The molecule has 2 rings (SSSR count). The number of thiophene rings is 1. The van der Waals surface area contributed by atoms with Crippen molar-refractivity contribution >= 4 is 11.3 Å². The lowest BCUT2D eigenvalue weighted by Gasteiger charge is -2.13. The summed E-state index contributed by atoms with van der Waals surface area (Å²) >= 11 is 1.65. The van der Waals surface area contributed by atoms with E-state index in [0.717, 1.165) is 24.3 Å². The van der Waals surface area contributed by atoms with E-state index in [0.29, 0.717) is 0 Å². The quantitative estimate of drug-likeness (QED) is 0.625. The summed E-state index contributed by atoms with van der Waals surface area (Å²) in [5.41, 5.74) is 5.15. The topological polar surface area (TPSA) is 65.1 Å². The molecule has 6 heteroatoms. The first-order valence-corrected chi connectivity index (χ1v) is 7.16. The van der Waals surface area contributed by atoms with E-state index in [2.05, 4.69) is 23.5 Å². The Hall–Kier alpha value is -1.37. The van der Waals surface area contributed by atoms with Crippen molar-refractivity contribution in [1.82, 2.24) is 15.2 Å². The molecule has 104 valence electrons. The van der Waals surface area contributed by atoms with Crippen molar-refractivity contribution in [2.24, 2.45) is 12.9 Å². The highest BCUT2D eigenvalue weighted by molar-refractivity contribution is 7.10. The number of aryl methyl sites for hydroxylation is 2. The average molecular weight is 280 g/mol. The zero-order valence-corrected chi connectivity index (χ0v) is 12.3. The Morgan fingerprint density at radius 1 is 1.53 bits per heavy atom. The van der Waals surface area contributed by atoms with Gasteiger partial charge in [0.25, 0.3) is 0 Å². The van der Waals surface area contributed by atoms with E-state index in [1.54, 1.807) is 18.4 Å². The number of hydrazine groups is 1. The van der Waals surface area contributed by atoms with E-state index in [4.69, 9.17) is 10.6 Å². The molecule has 0 radical (unpaired) electrons. The van der Waals surface area contributed by atoms with Gasteiger partial charge in [0.05, 0.1) is 18.8 Å². The Bertz CT molecular complexity index is 534. The Labute approximate surface area is 117 Å². The van der Waals surface area contributed by atoms with Crippen molar-refractivity contribution in [3.05, 3.63) is 33.8 Å². The normalized spacial score (nSPS) is 12.6. The van der Waals surface area contributed by atoms with Crippen molar-refractivity contribution < 1.29 is 4.74 Å². The van der Waals surface area contributed by atoms with Crippen LogP contribution in [-0.2, 0) is 19.9 Å². The molecule has 5 nitrogen and oxygen atoms in total. The van der Waals surface area contributed by atoms with Gasteiger partial charge < -0.3 is 4.74 Å². The Morgan fingerprint density at radius 3 is 2.84 bits per heavy atom. The van der Waals surface area contributed by atoms with Gasteiger partial charge >= 0.3 is 0 Å². The second-order valence-electron chi connectivity index (χ2n) is 4.42. The first kappa shape index (κ1) is 14.0. The number of rotatable bonds is 6. The van der Waals surface area contributed by atoms with Crippen LogP contribution in [0.1, 0.15) is 29.2 Å². The van der Waals surface area contributed by atoms with Gasteiger partial charge in [-0.05, 0) is 18.6 Å². The third-order valence-electron chi connectivity index (χ3n) is 3.18. The molecule has 0 aliphatic rings. The van der Waals surface area contributed by atoms with Crippen molar-refractivity contribution in [1.29, 1.82) is 0 Å². The van der Waals surface area contributed by atoms with E-state index < -0.39 is 0 Å². The fourth-order valence-corrected chi connectivity index (χ4v) is 2.93. The second kappa shape index (κ2) is 6.18. The molecule has 2 aromatic rings. The summed E-state index contributed by atoms with van der Waals surface area (Å²) in [6.07, 6.45) is 1.76. The van der Waals surface area contributed by atoms with Gasteiger partial charge in [-0.2, -0.15) is 5.10 Å².